The third kappa shape index (κ3) is 3.17. The molecule has 0 radical (unpaired) electrons. The van der Waals surface area contributed by atoms with Gasteiger partial charge in [-0.2, -0.15) is 0 Å². The molecule has 0 aliphatic heterocycles. The highest BCUT2D eigenvalue weighted by Crippen LogP contribution is 2.27. The third-order valence-corrected chi connectivity index (χ3v) is 3.17. The first-order chi connectivity index (χ1) is 6.77. The van der Waals surface area contributed by atoms with E-state index in [1.54, 1.807) is 0 Å². The molecule has 0 spiro atoms. The molecule has 0 heterocycles. The SMILES string of the molecule is C=CC(=O)NC(CC)C1CCCCC1. The fraction of sp³-hybridized carbons (Fsp3) is 0.750. The van der Waals surface area contributed by atoms with Crippen LogP contribution in [0.1, 0.15) is 45.4 Å². The van der Waals surface area contributed by atoms with E-state index in [-0.39, 0.29) is 5.91 Å². The van der Waals surface area contributed by atoms with Gasteiger partial charge >= 0.3 is 0 Å². The highest BCUT2D eigenvalue weighted by molar-refractivity contribution is 5.87. The number of carbonyl (C=O) groups is 1. The molecule has 1 saturated carbocycles. The van der Waals surface area contributed by atoms with Crippen molar-refractivity contribution in [3.63, 3.8) is 0 Å². The standard InChI is InChI=1S/C12H21NO/c1-3-11(13-12(14)4-2)10-8-6-5-7-9-10/h4,10-11H,2-3,5-9H2,1H3,(H,13,14). The number of hydrogen-bond donors (Lipinski definition) is 1. The fourth-order valence-electron chi connectivity index (χ4n) is 2.33. The molecule has 1 aliphatic carbocycles. The van der Waals surface area contributed by atoms with Crippen molar-refractivity contribution in [1.82, 2.24) is 5.32 Å². The molecule has 1 amide bonds. The Kier molecular flexibility index (Phi) is 4.71. The third-order valence-electron chi connectivity index (χ3n) is 3.17. The summed E-state index contributed by atoms with van der Waals surface area (Å²) in [6.07, 6.45) is 8.96. The summed E-state index contributed by atoms with van der Waals surface area (Å²) < 4.78 is 0. The summed E-state index contributed by atoms with van der Waals surface area (Å²) in [5.41, 5.74) is 0. The Labute approximate surface area is 86.8 Å². The van der Waals surface area contributed by atoms with Crippen LogP contribution < -0.4 is 5.32 Å². The lowest BCUT2D eigenvalue weighted by atomic mass is 9.83. The summed E-state index contributed by atoms with van der Waals surface area (Å²) in [4.78, 5) is 11.2. The molecule has 2 nitrogen and oxygen atoms in total. The van der Waals surface area contributed by atoms with Crippen molar-refractivity contribution in [3.8, 4) is 0 Å². The zero-order chi connectivity index (χ0) is 10.4. The van der Waals surface area contributed by atoms with Gasteiger partial charge in [0.25, 0.3) is 0 Å². The Bertz CT molecular complexity index is 194. The van der Waals surface area contributed by atoms with Crippen LogP contribution in [0.4, 0.5) is 0 Å². The van der Waals surface area contributed by atoms with Crippen LogP contribution >= 0.6 is 0 Å². The van der Waals surface area contributed by atoms with E-state index in [0.717, 1.165) is 6.42 Å². The summed E-state index contributed by atoms with van der Waals surface area (Å²) in [5, 5.41) is 3.03. The van der Waals surface area contributed by atoms with E-state index in [2.05, 4.69) is 18.8 Å². The lowest BCUT2D eigenvalue weighted by Gasteiger charge is -2.29. The van der Waals surface area contributed by atoms with E-state index >= 15 is 0 Å². The molecule has 1 N–H and O–H groups in total. The lowest BCUT2D eigenvalue weighted by molar-refractivity contribution is -0.117. The number of nitrogens with one attached hydrogen (secondary N) is 1. The van der Waals surface area contributed by atoms with Crippen LogP contribution in [0.15, 0.2) is 12.7 Å². The monoisotopic (exact) mass is 195 g/mol. The maximum Gasteiger partial charge on any atom is 0.243 e. The van der Waals surface area contributed by atoms with E-state index in [1.807, 2.05) is 0 Å². The Morgan fingerprint density at radius 3 is 2.64 bits per heavy atom. The van der Waals surface area contributed by atoms with E-state index in [4.69, 9.17) is 0 Å². The van der Waals surface area contributed by atoms with Crippen molar-refractivity contribution in [2.75, 3.05) is 0 Å². The summed E-state index contributed by atoms with van der Waals surface area (Å²) in [7, 11) is 0. The summed E-state index contributed by atoms with van der Waals surface area (Å²) >= 11 is 0. The predicted octanol–water partition coefficient (Wildman–Crippen LogP) is 2.65. The number of carbonyl (C=O) groups excluding carboxylic acids is 1. The van der Waals surface area contributed by atoms with Crippen LogP contribution in [0.25, 0.3) is 0 Å². The van der Waals surface area contributed by atoms with Gasteiger partial charge in [0.15, 0.2) is 0 Å². The Hall–Kier alpha value is -0.790. The second-order valence-corrected chi connectivity index (χ2v) is 4.13. The quantitative estimate of drug-likeness (QED) is 0.686. The molecule has 0 saturated heterocycles. The molecule has 1 rings (SSSR count). The van der Waals surface area contributed by atoms with Crippen LogP contribution in [0.3, 0.4) is 0 Å². The zero-order valence-corrected chi connectivity index (χ0v) is 9.09. The lowest BCUT2D eigenvalue weighted by Crippen LogP contribution is -2.39. The molecule has 0 aromatic rings. The van der Waals surface area contributed by atoms with Gasteiger partial charge in [0, 0.05) is 6.04 Å². The smallest absolute Gasteiger partial charge is 0.243 e. The normalized spacial score (nSPS) is 20.1. The molecule has 0 bridgehead atoms. The average molecular weight is 195 g/mol. The van der Waals surface area contributed by atoms with Gasteiger partial charge in [0.1, 0.15) is 0 Å². The van der Waals surface area contributed by atoms with E-state index in [9.17, 15) is 4.79 Å². The van der Waals surface area contributed by atoms with Crippen molar-refractivity contribution < 1.29 is 4.79 Å². The molecule has 1 fully saturated rings. The minimum absolute atomic E-state index is 0.0255. The molecule has 2 heteroatoms. The molecular weight excluding hydrogens is 174 g/mol. The van der Waals surface area contributed by atoms with Gasteiger partial charge in [-0.3, -0.25) is 4.79 Å². The largest absolute Gasteiger partial charge is 0.350 e. The second-order valence-electron chi connectivity index (χ2n) is 4.13. The first kappa shape index (κ1) is 11.3. The Morgan fingerprint density at radius 1 is 1.50 bits per heavy atom. The first-order valence-electron chi connectivity index (χ1n) is 5.70. The maximum absolute atomic E-state index is 11.2. The van der Waals surface area contributed by atoms with Gasteiger partial charge in [0.2, 0.25) is 5.91 Å². The van der Waals surface area contributed by atoms with Gasteiger partial charge in [-0.15, -0.1) is 0 Å². The molecule has 80 valence electrons. The molecule has 0 aromatic carbocycles. The van der Waals surface area contributed by atoms with Crippen molar-refractivity contribution >= 4 is 5.91 Å². The summed E-state index contributed by atoms with van der Waals surface area (Å²) in [5.74, 6) is 0.667. The van der Waals surface area contributed by atoms with Crippen LogP contribution in [-0.2, 0) is 4.79 Å². The summed E-state index contributed by atoms with van der Waals surface area (Å²) in [6, 6.07) is 0.362. The first-order valence-corrected chi connectivity index (χ1v) is 5.70. The predicted molar refractivity (Wildman–Crippen MR) is 59.0 cm³/mol. The van der Waals surface area contributed by atoms with Crippen LogP contribution in [0, 0.1) is 5.92 Å². The van der Waals surface area contributed by atoms with Gasteiger partial charge in [-0.05, 0) is 31.3 Å². The van der Waals surface area contributed by atoms with Crippen LogP contribution in [-0.4, -0.2) is 11.9 Å². The molecular formula is C12H21NO. The second kappa shape index (κ2) is 5.84. The van der Waals surface area contributed by atoms with Gasteiger partial charge in [0.05, 0.1) is 0 Å². The topological polar surface area (TPSA) is 29.1 Å². The van der Waals surface area contributed by atoms with E-state index < -0.39 is 0 Å². The Morgan fingerprint density at radius 2 is 2.14 bits per heavy atom. The number of hydrogen-bond acceptors (Lipinski definition) is 1. The molecule has 14 heavy (non-hydrogen) atoms. The van der Waals surface area contributed by atoms with Gasteiger partial charge < -0.3 is 5.32 Å². The number of amides is 1. The highest BCUT2D eigenvalue weighted by Gasteiger charge is 2.22. The van der Waals surface area contributed by atoms with Crippen molar-refractivity contribution in [2.45, 2.75) is 51.5 Å². The van der Waals surface area contributed by atoms with Gasteiger partial charge in [-0.25, -0.2) is 0 Å². The average Bonchev–Trinajstić information content (AvgIpc) is 2.26. The molecule has 1 aliphatic rings. The number of rotatable bonds is 4. The van der Waals surface area contributed by atoms with E-state index in [0.29, 0.717) is 12.0 Å². The minimum Gasteiger partial charge on any atom is -0.350 e. The molecule has 1 atom stereocenters. The minimum atomic E-state index is -0.0255. The Balaban J connectivity index is 2.42. The van der Waals surface area contributed by atoms with Crippen LogP contribution in [0.2, 0.25) is 0 Å². The molecule has 0 aromatic heterocycles. The van der Waals surface area contributed by atoms with E-state index in [1.165, 1.54) is 38.2 Å². The van der Waals surface area contributed by atoms with Crippen molar-refractivity contribution in [2.24, 2.45) is 5.92 Å². The van der Waals surface area contributed by atoms with Crippen molar-refractivity contribution in [3.05, 3.63) is 12.7 Å². The zero-order valence-electron chi connectivity index (χ0n) is 9.09. The van der Waals surface area contributed by atoms with Crippen molar-refractivity contribution in [1.29, 1.82) is 0 Å². The molecule has 1 unspecified atom stereocenters. The van der Waals surface area contributed by atoms with Gasteiger partial charge in [-0.1, -0.05) is 32.8 Å². The van der Waals surface area contributed by atoms with Crippen LogP contribution in [0.5, 0.6) is 0 Å². The summed E-state index contributed by atoms with van der Waals surface area (Å²) in [6.45, 7) is 5.62. The fourth-order valence-corrected chi connectivity index (χ4v) is 2.33. The maximum atomic E-state index is 11.2. The highest BCUT2D eigenvalue weighted by atomic mass is 16.1.